The van der Waals surface area contributed by atoms with Crippen LogP contribution in [0.4, 0.5) is 0 Å². The summed E-state index contributed by atoms with van der Waals surface area (Å²) in [6, 6.07) is 7.10. The summed E-state index contributed by atoms with van der Waals surface area (Å²) >= 11 is 0. The van der Waals surface area contributed by atoms with Crippen LogP contribution in [0.15, 0.2) is 24.3 Å². The van der Waals surface area contributed by atoms with Crippen molar-refractivity contribution in [2.24, 2.45) is 0 Å². The molecule has 6 heteroatoms. The standard InChI is InChI=1S/C14H19NO5/c1-18-11-4-2-3-5-12(11)20-8-13(16)15-9-14(17)6-7-19-10-14/h2-5,17H,6-10H2,1H3,(H,15,16). The topological polar surface area (TPSA) is 77.0 Å². The smallest absolute Gasteiger partial charge is 0.258 e. The number of aliphatic hydroxyl groups is 1. The lowest BCUT2D eigenvalue weighted by molar-refractivity contribution is -0.124. The molecule has 0 radical (unpaired) electrons. The summed E-state index contributed by atoms with van der Waals surface area (Å²) < 4.78 is 15.6. The van der Waals surface area contributed by atoms with Gasteiger partial charge in [0.25, 0.3) is 5.91 Å². The first-order valence-corrected chi connectivity index (χ1v) is 6.46. The Balaban J connectivity index is 1.77. The minimum atomic E-state index is -0.958. The average Bonchev–Trinajstić information content (AvgIpc) is 2.90. The number of benzene rings is 1. The van der Waals surface area contributed by atoms with Crippen LogP contribution in [-0.4, -0.2) is 50.1 Å². The van der Waals surface area contributed by atoms with Gasteiger partial charge in [-0.1, -0.05) is 12.1 Å². The highest BCUT2D eigenvalue weighted by molar-refractivity contribution is 5.77. The van der Waals surface area contributed by atoms with Crippen LogP contribution in [0.3, 0.4) is 0 Å². The van der Waals surface area contributed by atoms with E-state index in [1.54, 1.807) is 18.2 Å². The van der Waals surface area contributed by atoms with E-state index in [1.807, 2.05) is 6.07 Å². The normalized spacial score (nSPS) is 21.5. The van der Waals surface area contributed by atoms with E-state index < -0.39 is 5.60 Å². The molecular formula is C14H19NO5. The van der Waals surface area contributed by atoms with Gasteiger partial charge in [0.15, 0.2) is 18.1 Å². The highest BCUT2D eigenvalue weighted by Gasteiger charge is 2.32. The fraction of sp³-hybridized carbons (Fsp3) is 0.500. The van der Waals surface area contributed by atoms with Crippen molar-refractivity contribution in [3.63, 3.8) is 0 Å². The van der Waals surface area contributed by atoms with Crippen molar-refractivity contribution in [1.82, 2.24) is 5.32 Å². The van der Waals surface area contributed by atoms with Crippen LogP contribution < -0.4 is 14.8 Å². The van der Waals surface area contributed by atoms with Gasteiger partial charge < -0.3 is 24.6 Å². The molecule has 1 amide bonds. The maximum atomic E-state index is 11.7. The minimum Gasteiger partial charge on any atom is -0.493 e. The molecule has 1 aliphatic heterocycles. The molecule has 2 rings (SSSR count). The second-order valence-electron chi connectivity index (χ2n) is 4.74. The number of nitrogens with one attached hydrogen (secondary N) is 1. The maximum absolute atomic E-state index is 11.7. The fourth-order valence-electron chi connectivity index (χ4n) is 1.93. The van der Waals surface area contributed by atoms with Crippen molar-refractivity contribution < 1.29 is 24.1 Å². The van der Waals surface area contributed by atoms with Gasteiger partial charge in [-0.25, -0.2) is 0 Å². The molecule has 0 aliphatic carbocycles. The van der Waals surface area contributed by atoms with Gasteiger partial charge in [-0.05, 0) is 12.1 Å². The summed E-state index contributed by atoms with van der Waals surface area (Å²) in [4.78, 5) is 11.7. The summed E-state index contributed by atoms with van der Waals surface area (Å²) in [5, 5.41) is 12.6. The number of para-hydroxylation sites is 2. The molecule has 1 atom stereocenters. The number of ether oxygens (including phenoxy) is 3. The largest absolute Gasteiger partial charge is 0.493 e. The number of rotatable bonds is 6. The molecule has 0 bridgehead atoms. The van der Waals surface area contributed by atoms with E-state index in [0.717, 1.165) is 0 Å². The van der Waals surface area contributed by atoms with E-state index in [1.165, 1.54) is 7.11 Å². The predicted octanol–water partition coefficient (Wildman–Crippen LogP) is 0.342. The number of hydrogen-bond acceptors (Lipinski definition) is 5. The lowest BCUT2D eigenvalue weighted by atomic mass is 10.0. The maximum Gasteiger partial charge on any atom is 0.258 e. The first-order valence-electron chi connectivity index (χ1n) is 6.46. The molecule has 1 unspecified atom stereocenters. The zero-order valence-corrected chi connectivity index (χ0v) is 11.4. The van der Waals surface area contributed by atoms with Gasteiger partial charge >= 0.3 is 0 Å². The van der Waals surface area contributed by atoms with Crippen LogP contribution in [0.5, 0.6) is 11.5 Å². The van der Waals surface area contributed by atoms with Crippen LogP contribution in [0, 0.1) is 0 Å². The van der Waals surface area contributed by atoms with Crippen molar-refractivity contribution in [1.29, 1.82) is 0 Å². The second kappa shape index (κ2) is 6.58. The number of carbonyl (C=O) groups excluding carboxylic acids is 1. The number of methoxy groups -OCH3 is 1. The average molecular weight is 281 g/mol. The van der Waals surface area contributed by atoms with E-state index in [2.05, 4.69) is 5.32 Å². The number of hydrogen-bond donors (Lipinski definition) is 2. The van der Waals surface area contributed by atoms with Crippen LogP contribution in [-0.2, 0) is 9.53 Å². The molecule has 1 fully saturated rings. The highest BCUT2D eigenvalue weighted by Crippen LogP contribution is 2.25. The summed E-state index contributed by atoms with van der Waals surface area (Å²) in [6.45, 7) is 0.809. The van der Waals surface area contributed by atoms with E-state index in [4.69, 9.17) is 14.2 Å². The van der Waals surface area contributed by atoms with Crippen LogP contribution in [0.25, 0.3) is 0 Å². The lowest BCUT2D eigenvalue weighted by Crippen LogP contribution is -2.44. The zero-order chi connectivity index (χ0) is 14.4. The Bertz CT molecular complexity index is 457. The van der Waals surface area contributed by atoms with E-state index >= 15 is 0 Å². The monoisotopic (exact) mass is 281 g/mol. The van der Waals surface area contributed by atoms with Crippen molar-refractivity contribution in [3.05, 3.63) is 24.3 Å². The molecule has 2 N–H and O–H groups in total. The van der Waals surface area contributed by atoms with Gasteiger partial charge in [0.05, 0.1) is 13.7 Å². The molecule has 0 aromatic heterocycles. The molecule has 6 nitrogen and oxygen atoms in total. The SMILES string of the molecule is COc1ccccc1OCC(=O)NCC1(O)CCOC1. The zero-order valence-electron chi connectivity index (χ0n) is 11.4. The minimum absolute atomic E-state index is 0.128. The molecule has 1 aromatic carbocycles. The number of amides is 1. The van der Waals surface area contributed by atoms with Crippen molar-refractivity contribution >= 4 is 5.91 Å². The molecule has 1 heterocycles. The molecule has 1 saturated heterocycles. The van der Waals surface area contributed by atoms with Crippen LogP contribution >= 0.6 is 0 Å². The van der Waals surface area contributed by atoms with Crippen LogP contribution in [0.2, 0.25) is 0 Å². The van der Waals surface area contributed by atoms with Crippen molar-refractivity contribution in [2.45, 2.75) is 12.0 Å². The quantitative estimate of drug-likeness (QED) is 0.786. The van der Waals surface area contributed by atoms with Gasteiger partial charge in [-0.15, -0.1) is 0 Å². The van der Waals surface area contributed by atoms with Gasteiger partial charge in [0, 0.05) is 19.6 Å². The first kappa shape index (κ1) is 14.6. The second-order valence-corrected chi connectivity index (χ2v) is 4.74. The third-order valence-electron chi connectivity index (χ3n) is 3.12. The number of carbonyl (C=O) groups is 1. The Kier molecular flexibility index (Phi) is 4.81. The summed E-state index contributed by atoms with van der Waals surface area (Å²) in [7, 11) is 1.54. The van der Waals surface area contributed by atoms with Gasteiger partial charge in [-0.3, -0.25) is 4.79 Å². The fourth-order valence-corrected chi connectivity index (χ4v) is 1.93. The molecule has 0 spiro atoms. The Labute approximate surface area is 117 Å². The van der Waals surface area contributed by atoms with Gasteiger partial charge in [0.1, 0.15) is 5.60 Å². The Hall–Kier alpha value is -1.79. The highest BCUT2D eigenvalue weighted by atomic mass is 16.5. The third-order valence-corrected chi connectivity index (χ3v) is 3.12. The summed E-state index contributed by atoms with van der Waals surface area (Å²) in [5.41, 5.74) is -0.958. The molecular weight excluding hydrogens is 262 g/mol. The third kappa shape index (κ3) is 3.85. The Morgan fingerprint density at radius 1 is 1.45 bits per heavy atom. The van der Waals surface area contributed by atoms with Gasteiger partial charge in [0.2, 0.25) is 0 Å². The summed E-state index contributed by atoms with van der Waals surface area (Å²) in [5.74, 6) is 0.785. The molecule has 110 valence electrons. The first-order chi connectivity index (χ1) is 9.63. The van der Waals surface area contributed by atoms with Gasteiger partial charge in [-0.2, -0.15) is 0 Å². The molecule has 20 heavy (non-hydrogen) atoms. The van der Waals surface area contributed by atoms with Crippen molar-refractivity contribution in [2.75, 3.05) is 33.5 Å². The molecule has 1 aliphatic rings. The Morgan fingerprint density at radius 2 is 2.20 bits per heavy atom. The predicted molar refractivity (Wildman–Crippen MR) is 71.9 cm³/mol. The van der Waals surface area contributed by atoms with Crippen LogP contribution in [0.1, 0.15) is 6.42 Å². The van der Waals surface area contributed by atoms with Crippen molar-refractivity contribution in [3.8, 4) is 11.5 Å². The van der Waals surface area contributed by atoms with E-state index in [0.29, 0.717) is 24.5 Å². The van der Waals surface area contributed by atoms with E-state index in [9.17, 15) is 9.90 Å². The molecule has 0 saturated carbocycles. The Morgan fingerprint density at radius 3 is 2.85 bits per heavy atom. The van der Waals surface area contributed by atoms with E-state index in [-0.39, 0.29) is 25.7 Å². The lowest BCUT2D eigenvalue weighted by Gasteiger charge is -2.20. The summed E-state index contributed by atoms with van der Waals surface area (Å²) in [6.07, 6.45) is 0.528. The molecule has 1 aromatic rings.